The summed E-state index contributed by atoms with van der Waals surface area (Å²) in [5.74, 6) is 1.52. The molecule has 0 aromatic carbocycles. The normalized spacial score (nSPS) is 19.0. The Morgan fingerprint density at radius 1 is 0.971 bits per heavy atom. The smallest absolute Gasteiger partial charge is 0.224 e. The summed E-state index contributed by atoms with van der Waals surface area (Å²) in [6.45, 7) is 13.4. The SMILES string of the molecule is CC(C)(C)[Si](C)(C)OC1CCCC=CCCNc2ncc(-c3cccnc3)c(n2)NCCCC1. The molecule has 1 atom stereocenters. The quantitative estimate of drug-likeness (QED) is 0.361. The summed E-state index contributed by atoms with van der Waals surface area (Å²) < 4.78 is 6.84. The first-order chi connectivity index (χ1) is 16.3. The van der Waals surface area contributed by atoms with Crippen LogP contribution in [0.25, 0.3) is 11.1 Å². The van der Waals surface area contributed by atoms with Crippen LogP contribution in [0, 0.1) is 0 Å². The zero-order chi connectivity index (χ0) is 24.4. The van der Waals surface area contributed by atoms with Crippen molar-refractivity contribution in [3.05, 3.63) is 42.9 Å². The van der Waals surface area contributed by atoms with Crippen LogP contribution in [0.4, 0.5) is 11.8 Å². The second kappa shape index (κ2) is 12.5. The van der Waals surface area contributed by atoms with E-state index in [1.54, 1.807) is 6.20 Å². The van der Waals surface area contributed by atoms with Gasteiger partial charge in [0.05, 0.1) is 0 Å². The van der Waals surface area contributed by atoms with Crippen LogP contribution in [0.2, 0.25) is 18.1 Å². The highest BCUT2D eigenvalue weighted by atomic mass is 28.4. The number of allylic oxidation sites excluding steroid dienone is 1. The molecule has 186 valence electrons. The fraction of sp³-hybridized carbons (Fsp3) is 0.593. The maximum absolute atomic E-state index is 6.84. The van der Waals surface area contributed by atoms with Gasteiger partial charge >= 0.3 is 0 Å². The number of nitrogens with one attached hydrogen (secondary N) is 2. The molecule has 0 saturated heterocycles. The summed E-state index contributed by atoms with van der Waals surface area (Å²) in [7, 11) is -1.77. The summed E-state index contributed by atoms with van der Waals surface area (Å²) in [6, 6.07) is 3.99. The Balaban J connectivity index is 1.71. The Morgan fingerprint density at radius 2 is 1.76 bits per heavy atom. The van der Waals surface area contributed by atoms with E-state index >= 15 is 0 Å². The molecule has 2 aromatic rings. The van der Waals surface area contributed by atoms with Crippen LogP contribution in [-0.2, 0) is 4.43 Å². The monoisotopic (exact) mass is 481 g/mol. The Kier molecular flexibility index (Phi) is 9.65. The van der Waals surface area contributed by atoms with Crippen LogP contribution < -0.4 is 10.6 Å². The molecule has 1 aliphatic rings. The number of pyridine rings is 1. The van der Waals surface area contributed by atoms with E-state index in [2.05, 4.69) is 66.6 Å². The lowest BCUT2D eigenvalue weighted by atomic mass is 10.1. The van der Waals surface area contributed by atoms with E-state index in [1.165, 1.54) is 6.42 Å². The van der Waals surface area contributed by atoms with Crippen molar-refractivity contribution in [1.82, 2.24) is 15.0 Å². The third-order valence-corrected chi connectivity index (χ3v) is 11.5. The molecule has 2 bridgehead atoms. The molecule has 7 heteroatoms. The molecule has 0 aliphatic carbocycles. The number of rotatable bonds is 3. The number of hydrogen-bond donors (Lipinski definition) is 2. The maximum atomic E-state index is 6.84. The van der Waals surface area contributed by atoms with Gasteiger partial charge in [0.25, 0.3) is 0 Å². The van der Waals surface area contributed by atoms with E-state index in [9.17, 15) is 0 Å². The summed E-state index contributed by atoms with van der Waals surface area (Å²) in [6.07, 6.45) is 18.2. The van der Waals surface area contributed by atoms with Gasteiger partial charge in [0.2, 0.25) is 5.95 Å². The second-order valence-electron chi connectivity index (χ2n) is 10.7. The van der Waals surface area contributed by atoms with Crippen LogP contribution in [0.1, 0.15) is 65.7 Å². The van der Waals surface area contributed by atoms with Gasteiger partial charge < -0.3 is 15.1 Å². The van der Waals surface area contributed by atoms with Gasteiger partial charge in [-0.05, 0) is 69.1 Å². The molecule has 3 rings (SSSR count). The Morgan fingerprint density at radius 3 is 2.53 bits per heavy atom. The van der Waals surface area contributed by atoms with Gasteiger partial charge in [-0.25, -0.2) is 4.98 Å². The largest absolute Gasteiger partial charge is 0.414 e. The van der Waals surface area contributed by atoms with Gasteiger partial charge in [0, 0.05) is 48.9 Å². The van der Waals surface area contributed by atoms with Gasteiger partial charge in [-0.1, -0.05) is 39.0 Å². The van der Waals surface area contributed by atoms with Crippen LogP contribution in [0.3, 0.4) is 0 Å². The molecule has 0 spiro atoms. The van der Waals surface area contributed by atoms with Crippen molar-refractivity contribution >= 4 is 20.1 Å². The fourth-order valence-electron chi connectivity index (χ4n) is 3.86. The number of fused-ring (bicyclic) bond motifs is 2. The third kappa shape index (κ3) is 7.91. The molecule has 3 heterocycles. The van der Waals surface area contributed by atoms with E-state index in [0.717, 1.165) is 68.6 Å². The number of hydrogen-bond acceptors (Lipinski definition) is 6. The fourth-order valence-corrected chi connectivity index (χ4v) is 5.28. The molecule has 1 aliphatic heterocycles. The molecule has 6 nitrogen and oxygen atoms in total. The predicted molar refractivity (Wildman–Crippen MR) is 146 cm³/mol. The average molecular weight is 482 g/mol. The van der Waals surface area contributed by atoms with Crippen molar-refractivity contribution in [2.75, 3.05) is 23.7 Å². The Hall–Kier alpha value is -2.25. The van der Waals surface area contributed by atoms with Gasteiger partial charge in [-0.2, -0.15) is 4.98 Å². The van der Waals surface area contributed by atoms with Gasteiger partial charge in [-0.15, -0.1) is 0 Å². The summed E-state index contributed by atoms with van der Waals surface area (Å²) in [5.41, 5.74) is 2.00. The maximum Gasteiger partial charge on any atom is 0.224 e. The van der Waals surface area contributed by atoms with Crippen LogP contribution in [0.5, 0.6) is 0 Å². The third-order valence-electron chi connectivity index (χ3n) is 6.93. The van der Waals surface area contributed by atoms with Crippen molar-refractivity contribution in [1.29, 1.82) is 0 Å². The van der Waals surface area contributed by atoms with E-state index in [4.69, 9.17) is 9.41 Å². The first-order valence-corrected chi connectivity index (χ1v) is 15.7. The van der Waals surface area contributed by atoms with Gasteiger partial charge in [0.15, 0.2) is 8.32 Å². The van der Waals surface area contributed by atoms with Crippen LogP contribution >= 0.6 is 0 Å². The lowest BCUT2D eigenvalue weighted by Crippen LogP contribution is -2.44. The topological polar surface area (TPSA) is 72.0 Å². The molecule has 0 radical (unpaired) electrons. The Labute approximate surface area is 207 Å². The summed E-state index contributed by atoms with van der Waals surface area (Å²) in [5, 5.41) is 7.17. The van der Waals surface area contributed by atoms with Crippen molar-refractivity contribution in [2.45, 2.75) is 90.0 Å². The summed E-state index contributed by atoms with van der Waals surface area (Å²) >= 11 is 0. The van der Waals surface area contributed by atoms with Crippen LogP contribution in [0.15, 0.2) is 42.9 Å². The molecule has 34 heavy (non-hydrogen) atoms. The highest BCUT2D eigenvalue weighted by Gasteiger charge is 2.38. The lowest BCUT2D eigenvalue weighted by molar-refractivity contribution is 0.156. The molecule has 0 amide bonds. The zero-order valence-corrected chi connectivity index (χ0v) is 22.7. The minimum Gasteiger partial charge on any atom is -0.414 e. The first kappa shape index (κ1) is 26.4. The number of aromatic nitrogens is 3. The van der Waals surface area contributed by atoms with Crippen molar-refractivity contribution in [3.63, 3.8) is 0 Å². The molecule has 0 saturated carbocycles. The molecule has 1 unspecified atom stereocenters. The van der Waals surface area contributed by atoms with E-state index in [1.807, 2.05) is 24.5 Å². The molecule has 2 aromatic heterocycles. The predicted octanol–water partition coefficient (Wildman–Crippen LogP) is 7.05. The molecule has 2 N–H and O–H groups in total. The average Bonchev–Trinajstić information content (AvgIpc) is 2.79. The van der Waals surface area contributed by atoms with Gasteiger partial charge in [0.1, 0.15) is 5.82 Å². The van der Waals surface area contributed by atoms with Gasteiger partial charge in [-0.3, -0.25) is 4.98 Å². The first-order valence-electron chi connectivity index (χ1n) is 12.8. The van der Waals surface area contributed by atoms with Crippen molar-refractivity contribution in [3.8, 4) is 11.1 Å². The van der Waals surface area contributed by atoms with Crippen LogP contribution in [-0.4, -0.2) is 42.5 Å². The molecular weight excluding hydrogens is 438 g/mol. The van der Waals surface area contributed by atoms with Crippen molar-refractivity contribution < 1.29 is 4.43 Å². The minimum absolute atomic E-state index is 0.238. The highest BCUT2D eigenvalue weighted by molar-refractivity contribution is 6.74. The minimum atomic E-state index is -1.77. The number of anilines is 2. The van der Waals surface area contributed by atoms with Crippen molar-refractivity contribution in [2.24, 2.45) is 0 Å². The highest BCUT2D eigenvalue weighted by Crippen LogP contribution is 2.38. The zero-order valence-electron chi connectivity index (χ0n) is 21.7. The second-order valence-corrected chi connectivity index (χ2v) is 15.5. The molecular formula is C27H43N5OSi. The van der Waals surface area contributed by atoms with E-state index in [-0.39, 0.29) is 5.04 Å². The Bertz CT molecular complexity index is 911. The molecule has 0 fully saturated rings. The lowest BCUT2D eigenvalue weighted by Gasteiger charge is -2.39. The summed E-state index contributed by atoms with van der Waals surface area (Å²) in [4.78, 5) is 13.6. The van der Waals surface area contributed by atoms with E-state index in [0.29, 0.717) is 12.1 Å². The standard InChI is InChI=1S/C27H43N5OSi/c1-27(2,3)34(4,5)33-23-15-9-7-6-8-11-19-30-26-31-21-24(22-14-13-17-28-20-22)25(32-26)29-18-12-10-16-23/h6,8,13-14,17,20-21,23H,7,9-12,15-16,18-19H2,1-5H3,(H2,29,30,31,32). The van der Waals surface area contributed by atoms with E-state index < -0.39 is 8.32 Å². The number of nitrogens with zero attached hydrogens (tertiary/aromatic N) is 3.